The van der Waals surface area contributed by atoms with E-state index in [1.165, 1.54) is 11.8 Å². The lowest BCUT2D eigenvalue weighted by Crippen LogP contribution is -2.09. The van der Waals surface area contributed by atoms with Gasteiger partial charge in [0.05, 0.1) is 6.61 Å². The number of cyclic esters (lactones) is 1. The minimum Gasteiger partial charge on any atom is -0.465 e. The third kappa shape index (κ3) is 2.82. The summed E-state index contributed by atoms with van der Waals surface area (Å²) < 4.78 is 11.4. The lowest BCUT2D eigenvalue weighted by atomic mass is 10.2. The van der Waals surface area contributed by atoms with Gasteiger partial charge in [-0.05, 0) is 36.0 Å². The van der Waals surface area contributed by atoms with Crippen LogP contribution in [0.4, 0.5) is 0 Å². The predicted octanol–water partition coefficient (Wildman–Crippen LogP) is 2.91. The minimum absolute atomic E-state index is 0.214. The molecule has 1 fully saturated rings. The fourth-order valence-corrected chi connectivity index (χ4v) is 2.77. The Morgan fingerprint density at radius 2 is 2.05 bits per heavy atom. The van der Waals surface area contributed by atoms with Gasteiger partial charge >= 0.3 is 5.97 Å². The van der Waals surface area contributed by atoms with E-state index in [1.807, 2.05) is 24.3 Å². The number of thioether (sulfide) groups is 1. The molecule has 98 valence electrons. The first-order chi connectivity index (χ1) is 9.22. The van der Waals surface area contributed by atoms with Gasteiger partial charge in [-0.25, -0.2) is 0 Å². The SMILES string of the molecule is O=C1OCC[C@H]1Sc1nnc(-c2ccc(Br)cc2)o1. The van der Waals surface area contributed by atoms with Crippen molar-refractivity contribution in [1.82, 2.24) is 10.2 Å². The van der Waals surface area contributed by atoms with Crippen LogP contribution in [0.5, 0.6) is 0 Å². The number of aromatic nitrogens is 2. The summed E-state index contributed by atoms with van der Waals surface area (Å²) in [5.74, 6) is 0.231. The minimum atomic E-state index is -0.238. The van der Waals surface area contributed by atoms with Crippen LogP contribution in [-0.4, -0.2) is 28.0 Å². The fraction of sp³-hybridized carbons (Fsp3) is 0.250. The van der Waals surface area contributed by atoms with Crippen molar-refractivity contribution in [2.75, 3.05) is 6.61 Å². The van der Waals surface area contributed by atoms with Crippen molar-refractivity contribution < 1.29 is 13.9 Å². The summed E-state index contributed by atoms with van der Waals surface area (Å²) in [7, 11) is 0. The second kappa shape index (κ2) is 5.34. The summed E-state index contributed by atoms with van der Waals surface area (Å²) in [5.41, 5.74) is 0.844. The highest BCUT2D eigenvalue weighted by molar-refractivity contribution is 9.10. The van der Waals surface area contributed by atoms with E-state index in [0.29, 0.717) is 24.1 Å². The van der Waals surface area contributed by atoms with Crippen molar-refractivity contribution in [3.05, 3.63) is 28.7 Å². The van der Waals surface area contributed by atoms with E-state index < -0.39 is 0 Å². The highest BCUT2D eigenvalue weighted by Gasteiger charge is 2.29. The van der Waals surface area contributed by atoms with Crippen molar-refractivity contribution in [2.24, 2.45) is 0 Å². The molecule has 0 unspecified atom stereocenters. The summed E-state index contributed by atoms with van der Waals surface area (Å²) in [5, 5.41) is 8.07. The summed E-state index contributed by atoms with van der Waals surface area (Å²) in [6.07, 6.45) is 0.680. The molecule has 7 heteroatoms. The number of ether oxygens (including phenoxy) is 1. The number of benzene rings is 1. The van der Waals surface area contributed by atoms with Crippen LogP contribution < -0.4 is 0 Å². The van der Waals surface area contributed by atoms with E-state index in [9.17, 15) is 4.79 Å². The van der Waals surface area contributed by atoms with Crippen LogP contribution in [0.15, 0.2) is 38.4 Å². The molecule has 0 amide bonds. The first kappa shape index (κ1) is 12.7. The monoisotopic (exact) mass is 340 g/mol. The lowest BCUT2D eigenvalue weighted by molar-refractivity contribution is -0.137. The Balaban J connectivity index is 1.75. The van der Waals surface area contributed by atoms with E-state index in [2.05, 4.69) is 26.1 Å². The zero-order chi connectivity index (χ0) is 13.2. The molecule has 1 aliphatic rings. The van der Waals surface area contributed by atoms with Crippen molar-refractivity contribution in [1.29, 1.82) is 0 Å². The standard InChI is InChI=1S/C12H9BrN2O3S/c13-8-3-1-7(2-4-8)10-14-15-12(18-10)19-9-5-6-17-11(9)16/h1-4,9H,5-6H2/t9-/m1/s1. The van der Waals surface area contributed by atoms with Gasteiger partial charge in [0.1, 0.15) is 5.25 Å². The Morgan fingerprint density at radius 1 is 1.26 bits per heavy atom. The van der Waals surface area contributed by atoms with Gasteiger partial charge in [0.2, 0.25) is 5.89 Å². The lowest BCUT2D eigenvalue weighted by Gasteiger charge is -1.99. The number of hydrogen-bond donors (Lipinski definition) is 0. The molecule has 1 saturated heterocycles. The molecule has 0 spiro atoms. The average Bonchev–Trinajstić information content (AvgIpc) is 3.01. The molecule has 5 nitrogen and oxygen atoms in total. The quantitative estimate of drug-likeness (QED) is 0.800. The van der Waals surface area contributed by atoms with Crippen molar-refractivity contribution in [3.63, 3.8) is 0 Å². The van der Waals surface area contributed by atoms with Crippen LogP contribution in [0.2, 0.25) is 0 Å². The van der Waals surface area contributed by atoms with Crippen LogP contribution >= 0.6 is 27.7 Å². The van der Waals surface area contributed by atoms with Crippen LogP contribution in [0, 0.1) is 0 Å². The number of rotatable bonds is 3. The fourth-order valence-electron chi connectivity index (χ4n) is 1.67. The molecule has 0 saturated carbocycles. The van der Waals surface area contributed by atoms with Crippen LogP contribution in [0.1, 0.15) is 6.42 Å². The van der Waals surface area contributed by atoms with E-state index >= 15 is 0 Å². The molecule has 2 aromatic rings. The molecule has 0 N–H and O–H groups in total. The van der Waals surface area contributed by atoms with Gasteiger partial charge in [-0.1, -0.05) is 15.9 Å². The number of carbonyl (C=O) groups is 1. The Morgan fingerprint density at radius 3 is 2.74 bits per heavy atom. The summed E-state index contributed by atoms with van der Waals surface area (Å²) in [6.45, 7) is 0.463. The Hall–Kier alpha value is -1.34. The first-order valence-corrected chi connectivity index (χ1v) is 7.32. The highest BCUT2D eigenvalue weighted by atomic mass is 79.9. The molecule has 1 aromatic heterocycles. The summed E-state index contributed by atoms with van der Waals surface area (Å²) in [6, 6.07) is 7.58. The van der Waals surface area contributed by atoms with Crippen LogP contribution in [0.3, 0.4) is 0 Å². The molecule has 1 atom stereocenters. The van der Waals surface area contributed by atoms with Crippen LogP contribution in [0.25, 0.3) is 11.5 Å². The number of hydrogen-bond acceptors (Lipinski definition) is 6. The maximum absolute atomic E-state index is 11.4. The third-order valence-electron chi connectivity index (χ3n) is 2.63. The molecular weight excluding hydrogens is 332 g/mol. The van der Waals surface area contributed by atoms with Crippen molar-refractivity contribution >= 4 is 33.7 Å². The maximum Gasteiger partial charge on any atom is 0.319 e. The molecule has 0 aliphatic carbocycles. The molecule has 19 heavy (non-hydrogen) atoms. The smallest absolute Gasteiger partial charge is 0.319 e. The largest absolute Gasteiger partial charge is 0.465 e. The third-order valence-corrected chi connectivity index (χ3v) is 4.24. The second-order valence-corrected chi connectivity index (χ2v) is 6.01. The molecular formula is C12H9BrN2O3S. The number of esters is 1. The normalized spacial score (nSPS) is 18.6. The van der Waals surface area contributed by atoms with Crippen LogP contribution in [-0.2, 0) is 9.53 Å². The van der Waals surface area contributed by atoms with Gasteiger partial charge in [-0.2, -0.15) is 0 Å². The number of carbonyl (C=O) groups excluding carboxylic acids is 1. The summed E-state index contributed by atoms with van der Waals surface area (Å²) in [4.78, 5) is 11.4. The topological polar surface area (TPSA) is 65.2 Å². The van der Waals surface area contributed by atoms with Gasteiger partial charge in [0, 0.05) is 16.5 Å². The van der Waals surface area contributed by atoms with E-state index in [0.717, 1.165) is 10.0 Å². The molecule has 0 radical (unpaired) electrons. The van der Waals surface area contributed by atoms with Gasteiger partial charge in [-0.3, -0.25) is 4.79 Å². The highest BCUT2D eigenvalue weighted by Crippen LogP contribution is 2.30. The van der Waals surface area contributed by atoms with Crippen molar-refractivity contribution in [2.45, 2.75) is 16.9 Å². The maximum atomic E-state index is 11.4. The first-order valence-electron chi connectivity index (χ1n) is 5.65. The van der Waals surface area contributed by atoms with Gasteiger partial charge < -0.3 is 9.15 Å². The molecule has 1 aliphatic heterocycles. The number of halogens is 1. The second-order valence-electron chi connectivity index (χ2n) is 3.94. The van der Waals surface area contributed by atoms with Crippen molar-refractivity contribution in [3.8, 4) is 11.5 Å². The molecule has 0 bridgehead atoms. The molecule has 2 heterocycles. The predicted molar refractivity (Wildman–Crippen MR) is 72.7 cm³/mol. The summed E-state index contributed by atoms with van der Waals surface area (Å²) >= 11 is 4.62. The van der Waals surface area contributed by atoms with Gasteiger partial charge in [0.15, 0.2) is 0 Å². The van der Waals surface area contributed by atoms with E-state index in [-0.39, 0.29) is 11.2 Å². The average molecular weight is 341 g/mol. The molecule has 1 aromatic carbocycles. The Bertz CT molecular complexity index is 599. The van der Waals surface area contributed by atoms with E-state index in [1.54, 1.807) is 0 Å². The zero-order valence-corrected chi connectivity index (χ0v) is 12.1. The Kier molecular flexibility index (Phi) is 3.56. The van der Waals surface area contributed by atoms with Gasteiger partial charge in [0.25, 0.3) is 5.22 Å². The zero-order valence-electron chi connectivity index (χ0n) is 9.71. The van der Waals surface area contributed by atoms with E-state index in [4.69, 9.17) is 9.15 Å². The Labute approximate surface area is 121 Å². The van der Waals surface area contributed by atoms with Gasteiger partial charge in [-0.15, -0.1) is 10.2 Å². The number of nitrogens with zero attached hydrogens (tertiary/aromatic N) is 2. The molecule has 3 rings (SSSR count).